The third-order valence-electron chi connectivity index (χ3n) is 3.50. The molecule has 1 heterocycles. The SMILES string of the molecule is CN=C(NCc1ncc(C)s1)NCc1ccc(OC(C)C)cc1C(F)(F)F.I. The molecule has 0 aliphatic carbocycles. The number of nitrogens with one attached hydrogen (secondary N) is 2. The van der Waals surface area contributed by atoms with E-state index in [1.807, 2.05) is 6.92 Å². The molecule has 2 rings (SSSR count). The number of guanidine groups is 1. The molecule has 156 valence electrons. The lowest BCUT2D eigenvalue weighted by Crippen LogP contribution is -2.36. The number of nitrogens with zero attached hydrogens (tertiary/aromatic N) is 2. The molecule has 0 fully saturated rings. The Morgan fingerprint density at radius 1 is 1.25 bits per heavy atom. The van der Waals surface area contributed by atoms with Crippen LogP contribution in [-0.2, 0) is 19.3 Å². The van der Waals surface area contributed by atoms with Gasteiger partial charge in [-0.1, -0.05) is 6.07 Å². The first kappa shape index (κ1) is 24.5. The summed E-state index contributed by atoms with van der Waals surface area (Å²) in [6.45, 7) is 5.92. The van der Waals surface area contributed by atoms with E-state index in [0.717, 1.165) is 16.0 Å². The largest absolute Gasteiger partial charge is 0.491 e. The molecule has 5 nitrogen and oxygen atoms in total. The minimum atomic E-state index is -4.47. The van der Waals surface area contributed by atoms with Crippen LogP contribution in [0, 0.1) is 6.92 Å². The molecule has 0 radical (unpaired) electrons. The first-order valence-electron chi connectivity index (χ1n) is 8.41. The van der Waals surface area contributed by atoms with Crippen LogP contribution in [-0.4, -0.2) is 24.1 Å². The normalized spacial score (nSPS) is 11.9. The quantitative estimate of drug-likeness (QED) is 0.323. The van der Waals surface area contributed by atoms with Crippen LogP contribution in [0.1, 0.15) is 34.9 Å². The van der Waals surface area contributed by atoms with Crippen molar-refractivity contribution in [2.75, 3.05) is 7.05 Å². The molecule has 2 N–H and O–H groups in total. The van der Waals surface area contributed by atoms with Crippen molar-refractivity contribution in [1.29, 1.82) is 0 Å². The van der Waals surface area contributed by atoms with Gasteiger partial charge < -0.3 is 15.4 Å². The van der Waals surface area contributed by atoms with Crippen LogP contribution in [0.2, 0.25) is 0 Å². The van der Waals surface area contributed by atoms with E-state index in [9.17, 15) is 13.2 Å². The summed E-state index contributed by atoms with van der Waals surface area (Å²) in [4.78, 5) is 9.36. The molecule has 28 heavy (non-hydrogen) atoms. The Morgan fingerprint density at radius 3 is 2.46 bits per heavy atom. The molecule has 1 aromatic carbocycles. The highest BCUT2D eigenvalue weighted by atomic mass is 127. The predicted octanol–water partition coefficient (Wildman–Crippen LogP) is 4.74. The fraction of sp³-hybridized carbons (Fsp3) is 0.444. The highest BCUT2D eigenvalue weighted by Crippen LogP contribution is 2.34. The van der Waals surface area contributed by atoms with Gasteiger partial charge >= 0.3 is 6.18 Å². The molecule has 0 amide bonds. The summed E-state index contributed by atoms with van der Waals surface area (Å²) in [5.41, 5.74) is -0.606. The third-order valence-corrected chi connectivity index (χ3v) is 4.42. The zero-order chi connectivity index (χ0) is 20.0. The first-order valence-corrected chi connectivity index (χ1v) is 9.23. The molecule has 1 aromatic heterocycles. The predicted molar refractivity (Wildman–Crippen MR) is 117 cm³/mol. The van der Waals surface area contributed by atoms with Gasteiger partial charge in [-0.25, -0.2) is 4.98 Å². The molecule has 2 aromatic rings. The average molecular weight is 528 g/mol. The maximum Gasteiger partial charge on any atom is 0.416 e. The number of benzene rings is 1. The van der Waals surface area contributed by atoms with E-state index in [-0.39, 0.29) is 47.9 Å². The van der Waals surface area contributed by atoms with Gasteiger partial charge in [0, 0.05) is 24.7 Å². The van der Waals surface area contributed by atoms with Crippen LogP contribution in [0.25, 0.3) is 0 Å². The smallest absolute Gasteiger partial charge is 0.416 e. The molecule has 0 spiro atoms. The second-order valence-corrected chi connectivity index (χ2v) is 7.45. The molecule has 0 unspecified atom stereocenters. The first-order chi connectivity index (χ1) is 12.7. The summed E-state index contributed by atoms with van der Waals surface area (Å²) in [5.74, 6) is 0.598. The van der Waals surface area contributed by atoms with Crippen molar-refractivity contribution in [2.24, 2.45) is 4.99 Å². The van der Waals surface area contributed by atoms with E-state index >= 15 is 0 Å². The van der Waals surface area contributed by atoms with Crippen molar-refractivity contribution in [3.8, 4) is 5.75 Å². The van der Waals surface area contributed by atoms with Crippen molar-refractivity contribution in [1.82, 2.24) is 15.6 Å². The number of hydrogen-bond donors (Lipinski definition) is 2. The molecule has 0 atom stereocenters. The Balaban J connectivity index is 0.00000392. The molecule has 0 aliphatic rings. The summed E-state index contributed by atoms with van der Waals surface area (Å²) >= 11 is 1.55. The van der Waals surface area contributed by atoms with Gasteiger partial charge in [0.25, 0.3) is 0 Å². The monoisotopic (exact) mass is 528 g/mol. The zero-order valence-corrected chi connectivity index (χ0v) is 19.2. The molecule has 0 saturated heterocycles. The van der Waals surface area contributed by atoms with E-state index in [1.165, 1.54) is 6.07 Å². The van der Waals surface area contributed by atoms with Gasteiger partial charge in [0.2, 0.25) is 0 Å². The number of alkyl halides is 3. The molecule has 0 bridgehead atoms. The van der Waals surface area contributed by atoms with Gasteiger partial charge in [0.05, 0.1) is 18.2 Å². The number of aromatic nitrogens is 1. The van der Waals surface area contributed by atoms with Crippen LogP contribution in [0.5, 0.6) is 5.75 Å². The Kier molecular flexibility index (Phi) is 9.48. The van der Waals surface area contributed by atoms with Crippen LogP contribution in [0.4, 0.5) is 13.2 Å². The minimum absolute atomic E-state index is 0. The van der Waals surface area contributed by atoms with Crippen LogP contribution in [0.3, 0.4) is 0 Å². The number of thiazole rings is 1. The summed E-state index contributed by atoms with van der Waals surface area (Å²) < 4.78 is 45.6. The number of aliphatic imine (C=N–C) groups is 1. The topological polar surface area (TPSA) is 58.5 Å². The Morgan fingerprint density at radius 2 is 1.93 bits per heavy atom. The lowest BCUT2D eigenvalue weighted by molar-refractivity contribution is -0.138. The highest BCUT2D eigenvalue weighted by molar-refractivity contribution is 14.0. The van der Waals surface area contributed by atoms with Crippen LogP contribution >= 0.6 is 35.3 Å². The third kappa shape index (κ3) is 7.46. The van der Waals surface area contributed by atoms with Crippen molar-refractivity contribution in [2.45, 2.75) is 46.1 Å². The van der Waals surface area contributed by atoms with Gasteiger partial charge in [-0.15, -0.1) is 35.3 Å². The standard InChI is InChI=1S/C18H23F3N4OS.HI/c1-11(2)26-14-6-5-13(15(7-14)18(19,20)21)9-24-17(22-4)25-10-16-23-8-12(3)27-16;/h5-8,11H,9-10H2,1-4H3,(H2,22,24,25);1H. The van der Waals surface area contributed by atoms with Gasteiger partial charge in [-0.2, -0.15) is 13.2 Å². The highest BCUT2D eigenvalue weighted by Gasteiger charge is 2.33. The summed E-state index contributed by atoms with van der Waals surface area (Å²) in [7, 11) is 1.56. The maximum atomic E-state index is 13.4. The second kappa shape index (κ2) is 10.8. The van der Waals surface area contributed by atoms with Crippen LogP contribution in [0.15, 0.2) is 29.4 Å². The number of ether oxygens (including phenoxy) is 1. The molecule has 0 saturated carbocycles. The Hall–Kier alpha value is -1.56. The summed E-state index contributed by atoms with van der Waals surface area (Å²) in [5, 5.41) is 6.83. The van der Waals surface area contributed by atoms with Gasteiger partial charge in [-0.05, 0) is 38.5 Å². The van der Waals surface area contributed by atoms with Crippen molar-refractivity contribution in [3.63, 3.8) is 0 Å². The second-order valence-electron chi connectivity index (χ2n) is 6.13. The minimum Gasteiger partial charge on any atom is -0.491 e. The van der Waals surface area contributed by atoms with Crippen molar-refractivity contribution >= 4 is 41.3 Å². The molecule has 0 aliphatic heterocycles. The van der Waals surface area contributed by atoms with Gasteiger partial charge in [0.1, 0.15) is 10.8 Å². The number of hydrogen-bond acceptors (Lipinski definition) is 4. The Labute approximate surface area is 183 Å². The lowest BCUT2D eigenvalue weighted by atomic mass is 10.1. The zero-order valence-electron chi connectivity index (χ0n) is 16.1. The van der Waals surface area contributed by atoms with Crippen molar-refractivity contribution < 1.29 is 17.9 Å². The van der Waals surface area contributed by atoms with E-state index in [1.54, 1.807) is 44.5 Å². The number of aryl methyl sites for hydroxylation is 1. The van der Waals surface area contributed by atoms with Crippen molar-refractivity contribution in [3.05, 3.63) is 45.4 Å². The Bertz CT molecular complexity index is 793. The number of halogens is 4. The van der Waals surface area contributed by atoms with E-state index < -0.39 is 11.7 Å². The molecular weight excluding hydrogens is 504 g/mol. The fourth-order valence-corrected chi connectivity index (χ4v) is 3.09. The van der Waals surface area contributed by atoms with E-state index in [2.05, 4.69) is 20.6 Å². The lowest BCUT2D eigenvalue weighted by Gasteiger charge is -2.18. The summed E-state index contributed by atoms with van der Waals surface area (Å²) in [6, 6.07) is 4.00. The fourth-order valence-electron chi connectivity index (χ4n) is 2.36. The van der Waals surface area contributed by atoms with Gasteiger partial charge in [-0.3, -0.25) is 4.99 Å². The average Bonchev–Trinajstić information content (AvgIpc) is 3.00. The summed E-state index contributed by atoms with van der Waals surface area (Å²) in [6.07, 6.45) is -2.90. The van der Waals surface area contributed by atoms with Crippen LogP contribution < -0.4 is 15.4 Å². The maximum absolute atomic E-state index is 13.4. The molecule has 10 heteroatoms. The van der Waals surface area contributed by atoms with Gasteiger partial charge in [0.15, 0.2) is 5.96 Å². The van der Waals surface area contributed by atoms with E-state index in [0.29, 0.717) is 12.5 Å². The van der Waals surface area contributed by atoms with E-state index in [4.69, 9.17) is 4.74 Å². The molecular formula is C18H24F3IN4OS. The number of rotatable bonds is 6.